The lowest BCUT2D eigenvalue weighted by molar-refractivity contribution is -0.137. The molecule has 7 heteroatoms. The predicted octanol–water partition coefficient (Wildman–Crippen LogP) is 1.02. The van der Waals surface area contributed by atoms with Gasteiger partial charge in [-0.05, 0) is 26.0 Å². The molecule has 2 aliphatic rings. The first kappa shape index (κ1) is 16.2. The van der Waals surface area contributed by atoms with Crippen molar-refractivity contribution in [2.24, 2.45) is 5.92 Å². The molecule has 1 amide bonds. The van der Waals surface area contributed by atoms with E-state index >= 15 is 0 Å². The van der Waals surface area contributed by atoms with Crippen LogP contribution in [0.2, 0.25) is 0 Å². The van der Waals surface area contributed by atoms with Gasteiger partial charge in [-0.25, -0.2) is 9.97 Å². The molecule has 0 bridgehead atoms. The van der Waals surface area contributed by atoms with E-state index in [1.807, 2.05) is 17.2 Å². The quantitative estimate of drug-likeness (QED) is 0.813. The summed E-state index contributed by atoms with van der Waals surface area (Å²) in [5, 5.41) is 0. The third kappa shape index (κ3) is 3.42. The van der Waals surface area contributed by atoms with Crippen molar-refractivity contribution < 1.29 is 4.79 Å². The van der Waals surface area contributed by atoms with Crippen LogP contribution in [0.25, 0.3) is 11.2 Å². The topological polar surface area (TPSA) is 65.5 Å². The Morgan fingerprint density at radius 2 is 1.88 bits per heavy atom. The van der Waals surface area contributed by atoms with Crippen LogP contribution >= 0.6 is 0 Å². The summed E-state index contributed by atoms with van der Waals surface area (Å²) in [7, 11) is 2.11. The average Bonchev–Trinajstić information content (AvgIpc) is 2.68. The highest BCUT2D eigenvalue weighted by molar-refractivity contribution is 5.80. The number of likely N-dealkylation sites (N-methyl/N-ethyl adjacent to an activating group) is 1. The molecule has 4 heterocycles. The molecule has 0 radical (unpaired) electrons. The zero-order valence-corrected chi connectivity index (χ0v) is 14.6. The number of hydrogen-bond acceptors (Lipinski definition) is 6. The van der Waals surface area contributed by atoms with Gasteiger partial charge in [0.25, 0.3) is 0 Å². The molecule has 4 rings (SSSR count). The highest BCUT2D eigenvalue weighted by atomic mass is 16.2. The number of aromatic nitrogens is 3. The fourth-order valence-corrected chi connectivity index (χ4v) is 3.72. The molecule has 0 spiro atoms. The number of fused-ring (bicyclic) bond motifs is 1. The third-order valence-corrected chi connectivity index (χ3v) is 5.26. The van der Waals surface area contributed by atoms with Crippen LogP contribution in [0, 0.1) is 5.92 Å². The van der Waals surface area contributed by atoms with Gasteiger partial charge in [0.15, 0.2) is 5.65 Å². The molecular formula is C18H24N6O. The Kier molecular flexibility index (Phi) is 4.48. The minimum atomic E-state index is 0.0784. The van der Waals surface area contributed by atoms with E-state index in [-0.39, 0.29) is 5.92 Å². The van der Waals surface area contributed by atoms with Crippen molar-refractivity contribution >= 4 is 22.8 Å². The first-order valence-electron chi connectivity index (χ1n) is 9.00. The Bertz CT molecular complexity index is 758. The van der Waals surface area contributed by atoms with Crippen LogP contribution in [-0.2, 0) is 4.79 Å². The van der Waals surface area contributed by atoms with Gasteiger partial charge in [0.2, 0.25) is 5.91 Å². The monoisotopic (exact) mass is 340 g/mol. The van der Waals surface area contributed by atoms with Crippen molar-refractivity contribution in [2.45, 2.75) is 12.8 Å². The maximum Gasteiger partial charge on any atom is 0.227 e. The Morgan fingerprint density at radius 1 is 1.08 bits per heavy atom. The Labute approximate surface area is 147 Å². The van der Waals surface area contributed by atoms with Gasteiger partial charge in [-0.2, -0.15) is 0 Å². The van der Waals surface area contributed by atoms with Crippen LogP contribution in [-0.4, -0.2) is 77.0 Å². The summed E-state index contributed by atoms with van der Waals surface area (Å²) in [4.78, 5) is 32.4. The molecule has 0 aromatic carbocycles. The average molecular weight is 340 g/mol. The fraction of sp³-hybridized carbons (Fsp3) is 0.556. The summed E-state index contributed by atoms with van der Waals surface area (Å²) >= 11 is 0. The number of piperidine rings is 1. The molecule has 7 nitrogen and oxygen atoms in total. The molecule has 0 saturated carbocycles. The van der Waals surface area contributed by atoms with E-state index in [0.717, 1.165) is 63.3 Å². The second-order valence-corrected chi connectivity index (χ2v) is 7.01. The first-order chi connectivity index (χ1) is 12.2. The summed E-state index contributed by atoms with van der Waals surface area (Å²) in [6.45, 7) is 5.35. The predicted molar refractivity (Wildman–Crippen MR) is 96.3 cm³/mol. The third-order valence-electron chi connectivity index (χ3n) is 5.26. The molecule has 1 atom stereocenters. The van der Waals surface area contributed by atoms with Gasteiger partial charge in [-0.1, -0.05) is 0 Å². The summed E-state index contributed by atoms with van der Waals surface area (Å²) in [5.41, 5.74) is 2.49. The van der Waals surface area contributed by atoms with Crippen LogP contribution < -0.4 is 4.90 Å². The van der Waals surface area contributed by atoms with E-state index in [1.54, 1.807) is 12.4 Å². The van der Waals surface area contributed by atoms with Gasteiger partial charge in [0.1, 0.15) is 5.52 Å². The second-order valence-electron chi connectivity index (χ2n) is 7.01. The molecule has 0 aliphatic carbocycles. The number of pyridine rings is 1. The number of nitrogens with zero attached hydrogens (tertiary/aromatic N) is 6. The number of carbonyl (C=O) groups excluding carboxylic acids is 1. The maximum absolute atomic E-state index is 12.9. The van der Waals surface area contributed by atoms with Gasteiger partial charge in [0.05, 0.1) is 17.8 Å². The van der Waals surface area contributed by atoms with E-state index in [4.69, 9.17) is 0 Å². The molecule has 2 aromatic rings. The van der Waals surface area contributed by atoms with Gasteiger partial charge < -0.3 is 14.7 Å². The van der Waals surface area contributed by atoms with Crippen molar-refractivity contribution in [1.82, 2.24) is 24.8 Å². The first-order valence-corrected chi connectivity index (χ1v) is 9.00. The van der Waals surface area contributed by atoms with Crippen molar-refractivity contribution in [3.63, 3.8) is 0 Å². The molecule has 2 saturated heterocycles. The molecule has 2 aliphatic heterocycles. The smallest absolute Gasteiger partial charge is 0.227 e. The summed E-state index contributed by atoms with van der Waals surface area (Å²) in [6, 6.07) is 2.03. The Morgan fingerprint density at radius 3 is 2.72 bits per heavy atom. The van der Waals surface area contributed by atoms with Gasteiger partial charge in [-0.3, -0.25) is 9.78 Å². The fourth-order valence-electron chi connectivity index (χ4n) is 3.72. The molecule has 25 heavy (non-hydrogen) atoms. The van der Waals surface area contributed by atoms with Gasteiger partial charge in [-0.15, -0.1) is 0 Å². The minimum absolute atomic E-state index is 0.0784. The van der Waals surface area contributed by atoms with Crippen molar-refractivity contribution in [2.75, 3.05) is 51.2 Å². The van der Waals surface area contributed by atoms with E-state index in [2.05, 4.69) is 31.8 Å². The SMILES string of the molecule is CN1CCN(C(=O)C2CCCN(c3cnc4nccnc4c3)C2)CC1. The Balaban J connectivity index is 1.47. The number of carbonyl (C=O) groups is 1. The van der Waals surface area contributed by atoms with Gasteiger partial charge in [0, 0.05) is 51.7 Å². The Hall–Kier alpha value is -2.28. The molecule has 0 N–H and O–H groups in total. The zero-order chi connectivity index (χ0) is 17.2. The van der Waals surface area contributed by atoms with E-state index in [0.29, 0.717) is 11.6 Å². The van der Waals surface area contributed by atoms with Crippen LogP contribution in [0.1, 0.15) is 12.8 Å². The number of anilines is 1. The van der Waals surface area contributed by atoms with Gasteiger partial charge >= 0.3 is 0 Å². The van der Waals surface area contributed by atoms with Crippen LogP contribution in [0.4, 0.5) is 5.69 Å². The molecule has 1 unspecified atom stereocenters. The molecule has 2 fully saturated rings. The maximum atomic E-state index is 12.9. The number of rotatable bonds is 2. The highest BCUT2D eigenvalue weighted by Gasteiger charge is 2.30. The highest BCUT2D eigenvalue weighted by Crippen LogP contribution is 2.25. The van der Waals surface area contributed by atoms with E-state index in [9.17, 15) is 4.79 Å². The number of piperazine rings is 1. The molecule has 132 valence electrons. The van der Waals surface area contributed by atoms with Crippen molar-refractivity contribution in [3.8, 4) is 0 Å². The lowest BCUT2D eigenvalue weighted by Gasteiger charge is -2.38. The van der Waals surface area contributed by atoms with Crippen LogP contribution in [0.5, 0.6) is 0 Å². The van der Waals surface area contributed by atoms with Crippen molar-refractivity contribution in [3.05, 3.63) is 24.7 Å². The number of hydrogen-bond donors (Lipinski definition) is 0. The van der Waals surface area contributed by atoms with Crippen molar-refractivity contribution in [1.29, 1.82) is 0 Å². The largest absolute Gasteiger partial charge is 0.369 e. The lowest BCUT2D eigenvalue weighted by Crippen LogP contribution is -2.51. The molecule has 2 aromatic heterocycles. The minimum Gasteiger partial charge on any atom is -0.369 e. The normalized spacial score (nSPS) is 22.4. The summed E-state index contributed by atoms with van der Waals surface area (Å²) in [5.74, 6) is 0.390. The second kappa shape index (κ2) is 6.92. The van der Waals surface area contributed by atoms with E-state index in [1.165, 1.54) is 0 Å². The van der Waals surface area contributed by atoms with Crippen LogP contribution in [0.3, 0.4) is 0 Å². The summed E-state index contributed by atoms with van der Waals surface area (Å²) in [6.07, 6.45) is 7.19. The lowest BCUT2D eigenvalue weighted by atomic mass is 9.96. The zero-order valence-electron chi connectivity index (χ0n) is 14.6. The summed E-state index contributed by atoms with van der Waals surface area (Å²) < 4.78 is 0. The standard InChI is InChI=1S/C18H24N6O/c1-22-7-9-23(10-8-22)18(25)14-3-2-6-24(13-14)15-11-16-17(21-12-15)20-5-4-19-16/h4-5,11-12,14H,2-3,6-10,13H2,1H3. The molecular weight excluding hydrogens is 316 g/mol. The number of amides is 1. The van der Waals surface area contributed by atoms with Crippen LogP contribution in [0.15, 0.2) is 24.7 Å². The van der Waals surface area contributed by atoms with E-state index < -0.39 is 0 Å².